The average Bonchev–Trinajstić information content (AvgIpc) is 2.64. The second kappa shape index (κ2) is 3.63. The maximum absolute atomic E-state index is 13.2. The molecule has 0 amide bonds. The van der Waals surface area contributed by atoms with Crippen molar-refractivity contribution in [3.8, 4) is 10.9 Å². The van der Waals surface area contributed by atoms with Crippen LogP contribution in [-0.4, -0.2) is 4.98 Å². The number of anilines is 1. The quantitative estimate of drug-likeness (QED) is 0.775. The largest absolute Gasteiger partial charge is 0.426 e. The van der Waals surface area contributed by atoms with Crippen LogP contribution in [0.25, 0.3) is 0 Å². The standard InChI is InChI=1S/C9H7FN2OS/c10-6-2-1-3-7(11)8(6)13-9-12-4-5-14-9/h1-5H,11H2. The highest BCUT2D eigenvalue weighted by atomic mass is 32.1. The fourth-order valence-electron chi connectivity index (χ4n) is 0.981. The average molecular weight is 210 g/mol. The molecule has 1 aromatic heterocycles. The molecule has 0 aliphatic heterocycles. The van der Waals surface area contributed by atoms with E-state index in [0.29, 0.717) is 5.19 Å². The van der Waals surface area contributed by atoms with Gasteiger partial charge in [-0.25, -0.2) is 9.37 Å². The Hall–Kier alpha value is -1.62. The summed E-state index contributed by atoms with van der Waals surface area (Å²) in [5.74, 6) is -0.456. The molecule has 72 valence electrons. The fraction of sp³-hybridized carbons (Fsp3) is 0. The lowest BCUT2D eigenvalue weighted by Crippen LogP contribution is -1.94. The van der Waals surface area contributed by atoms with Crippen LogP contribution in [0.3, 0.4) is 0 Å². The molecular weight excluding hydrogens is 203 g/mol. The van der Waals surface area contributed by atoms with Gasteiger partial charge in [0.15, 0.2) is 11.6 Å². The zero-order chi connectivity index (χ0) is 9.97. The summed E-state index contributed by atoms with van der Waals surface area (Å²) >= 11 is 1.28. The van der Waals surface area contributed by atoms with Crippen molar-refractivity contribution in [1.82, 2.24) is 4.98 Å². The third-order valence-corrected chi connectivity index (χ3v) is 2.24. The fourth-order valence-corrected chi connectivity index (χ4v) is 1.47. The number of benzene rings is 1. The normalized spacial score (nSPS) is 10.1. The number of nitrogen functional groups attached to an aromatic ring is 1. The number of nitrogens with two attached hydrogens (primary N) is 1. The molecule has 0 fully saturated rings. The first-order chi connectivity index (χ1) is 6.77. The van der Waals surface area contributed by atoms with E-state index in [1.807, 2.05) is 0 Å². The van der Waals surface area contributed by atoms with E-state index in [1.165, 1.54) is 23.5 Å². The molecule has 1 heterocycles. The Morgan fingerprint density at radius 3 is 2.93 bits per heavy atom. The van der Waals surface area contributed by atoms with Crippen molar-refractivity contribution >= 4 is 17.0 Å². The van der Waals surface area contributed by atoms with Crippen molar-refractivity contribution < 1.29 is 9.13 Å². The zero-order valence-electron chi connectivity index (χ0n) is 7.11. The van der Waals surface area contributed by atoms with Gasteiger partial charge in [-0.3, -0.25) is 0 Å². The van der Waals surface area contributed by atoms with E-state index in [9.17, 15) is 4.39 Å². The van der Waals surface area contributed by atoms with Crippen molar-refractivity contribution in [3.63, 3.8) is 0 Å². The molecule has 2 aromatic rings. The maximum Gasteiger partial charge on any atom is 0.278 e. The molecule has 5 heteroatoms. The maximum atomic E-state index is 13.2. The molecule has 0 atom stereocenters. The van der Waals surface area contributed by atoms with E-state index in [2.05, 4.69) is 4.98 Å². The van der Waals surface area contributed by atoms with E-state index < -0.39 is 5.82 Å². The summed E-state index contributed by atoms with van der Waals surface area (Å²) in [7, 11) is 0. The molecule has 2 N–H and O–H groups in total. The third-order valence-electron chi connectivity index (χ3n) is 1.60. The molecule has 2 rings (SSSR count). The van der Waals surface area contributed by atoms with Gasteiger partial charge in [0.1, 0.15) is 0 Å². The van der Waals surface area contributed by atoms with E-state index in [1.54, 1.807) is 17.6 Å². The Labute approximate surface area is 84.0 Å². The first-order valence-electron chi connectivity index (χ1n) is 3.88. The van der Waals surface area contributed by atoms with Gasteiger partial charge in [-0.2, -0.15) is 0 Å². The lowest BCUT2D eigenvalue weighted by Gasteiger charge is -2.05. The SMILES string of the molecule is Nc1cccc(F)c1Oc1nccs1. The highest BCUT2D eigenvalue weighted by Crippen LogP contribution is 2.30. The highest BCUT2D eigenvalue weighted by Gasteiger charge is 2.09. The summed E-state index contributed by atoms with van der Waals surface area (Å²) in [4.78, 5) is 3.87. The van der Waals surface area contributed by atoms with Crippen LogP contribution in [0.1, 0.15) is 0 Å². The van der Waals surface area contributed by atoms with Crippen LogP contribution in [0, 0.1) is 5.82 Å². The molecule has 0 unspecified atom stereocenters. The third kappa shape index (κ3) is 1.67. The van der Waals surface area contributed by atoms with Crippen molar-refractivity contribution in [1.29, 1.82) is 0 Å². The van der Waals surface area contributed by atoms with Crippen molar-refractivity contribution in [2.45, 2.75) is 0 Å². The first kappa shape index (κ1) is 8.96. The number of ether oxygens (including phenoxy) is 1. The topological polar surface area (TPSA) is 48.1 Å². The van der Waals surface area contributed by atoms with Gasteiger partial charge in [0.25, 0.3) is 5.19 Å². The van der Waals surface area contributed by atoms with E-state index >= 15 is 0 Å². The predicted octanol–water partition coefficient (Wildman–Crippen LogP) is 2.66. The Morgan fingerprint density at radius 2 is 2.29 bits per heavy atom. The number of rotatable bonds is 2. The van der Waals surface area contributed by atoms with Gasteiger partial charge in [0, 0.05) is 11.6 Å². The monoisotopic (exact) mass is 210 g/mol. The minimum absolute atomic E-state index is 0.0300. The molecular formula is C9H7FN2OS. The molecule has 0 saturated carbocycles. The number of aromatic nitrogens is 1. The molecule has 0 aliphatic carbocycles. The molecule has 0 radical (unpaired) electrons. The summed E-state index contributed by atoms with van der Waals surface area (Å²) < 4.78 is 18.4. The van der Waals surface area contributed by atoms with Crippen LogP contribution in [0.15, 0.2) is 29.8 Å². The Kier molecular flexibility index (Phi) is 2.32. The minimum atomic E-state index is -0.486. The van der Waals surface area contributed by atoms with Crippen molar-refractivity contribution in [3.05, 3.63) is 35.6 Å². The van der Waals surface area contributed by atoms with Crippen molar-refractivity contribution in [2.24, 2.45) is 0 Å². The van der Waals surface area contributed by atoms with Crippen LogP contribution < -0.4 is 10.5 Å². The van der Waals surface area contributed by atoms with Crippen molar-refractivity contribution in [2.75, 3.05) is 5.73 Å². The number of thiazole rings is 1. The van der Waals surface area contributed by atoms with Gasteiger partial charge in [-0.1, -0.05) is 17.4 Å². The zero-order valence-corrected chi connectivity index (χ0v) is 7.92. The van der Waals surface area contributed by atoms with Crippen LogP contribution in [0.4, 0.5) is 10.1 Å². The number of nitrogens with zero attached hydrogens (tertiary/aromatic N) is 1. The second-order valence-electron chi connectivity index (χ2n) is 2.56. The molecule has 0 saturated heterocycles. The van der Waals surface area contributed by atoms with Gasteiger partial charge in [-0.15, -0.1) is 0 Å². The van der Waals surface area contributed by atoms with Gasteiger partial charge < -0.3 is 10.5 Å². The summed E-state index contributed by atoms with van der Waals surface area (Å²) in [6.07, 6.45) is 1.58. The van der Waals surface area contributed by atoms with Gasteiger partial charge >= 0.3 is 0 Å². The van der Waals surface area contributed by atoms with Gasteiger partial charge in [-0.05, 0) is 12.1 Å². The van der Waals surface area contributed by atoms with Crippen LogP contribution >= 0.6 is 11.3 Å². The summed E-state index contributed by atoms with van der Waals surface area (Å²) in [5.41, 5.74) is 5.81. The molecule has 3 nitrogen and oxygen atoms in total. The van der Waals surface area contributed by atoms with Crippen LogP contribution in [0.2, 0.25) is 0 Å². The highest BCUT2D eigenvalue weighted by molar-refractivity contribution is 7.11. The van der Waals surface area contributed by atoms with Gasteiger partial charge in [0.2, 0.25) is 0 Å². The summed E-state index contributed by atoms with van der Waals surface area (Å²) in [6.45, 7) is 0. The number of halogens is 1. The molecule has 14 heavy (non-hydrogen) atoms. The minimum Gasteiger partial charge on any atom is -0.426 e. The van der Waals surface area contributed by atoms with E-state index in [4.69, 9.17) is 10.5 Å². The number of para-hydroxylation sites is 1. The van der Waals surface area contributed by atoms with E-state index in [0.717, 1.165) is 0 Å². The Balaban J connectivity index is 2.33. The molecule has 0 bridgehead atoms. The lowest BCUT2D eigenvalue weighted by molar-refractivity contribution is 0.442. The summed E-state index contributed by atoms with van der Waals surface area (Å²) in [5, 5.41) is 2.12. The molecule has 1 aromatic carbocycles. The van der Waals surface area contributed by atoms with Crippen LogP contribution in [0.5, 0.6) is 10.9 Å². The Bertz CT molecular complexity index is 410. The molecule has 0 aliphatic rings. The first-order valence-corrected chi connectivity index (χ1v) is 4.76. The molecule has 0 spiro atoms. The lowest BCUT2D eigenvalue weighted by atomic mass is 10.3. The number of hydrogen-bond donors (Lipinski definition) is 1. The Morgan fingerprint density at radius 1 is 1.43 bits per heavy atom. The smallest absolute Gasteiger partial charge is 0.278 e. The van der Waals surface area contributed by atoms with E-state index in [-0.39, 0.29) is 11.4 Å². The van der Waals surface area contributed by atoms with Crippen LogP contribution in [-0.2, 0) is 0 Å². The number of hydrogen-bond acceptors (Lipinski definition) is 4. The van der Waals surface area contributed by atoms with Gasteiger partial charge in [0.05, 0.1) is 5.69 Å². The second-order valence-corrected chi connectivity index (χ2v) is 3.42. The summed E-state index contributed by atoms with van der Waals surface area (Å²) in [6, 6.07) is 4.39. The predicted molar refractivity (Wildman–Crippen MR) is 53.0 cm³/mol.